The van der Waals surface area contributed by atoms with Crippen molar-refractivity contribution in [2.75, 3.05) is 12.4 Å². The number of rotatable bonds is 5. The van der Waals surface area contributed by atoms with E-state index in [-0.39, 0.29) is 17.2 Å². The van der Waals surface area contributed by atoms with Crippen LogP contribution in [0.2, 0.25) is 0 Å². The number of para-hydroxylation sites is 1. The van der Waals surface area contributed by atoms with Gasteiger partial charge < -0.3 is 10.1 Å². The fraction of sp³-hybridized carbons (Fsp3) is 0.161. The highest BCUT2D eigenvalue weighted by Crippen LogP contribution is 2.31. The Kier molecular flexibility index (Phi) is 6.55. The summed E-state index contributed by atoms with van der Waals surface area (Å²) in [5, 5.41) is 2.96. The van der Waals surface area contributed by atoms with E-state index in [1.807, 2.05) is 72.8 Å². The highest BCUT2D eigenvalue weighted by atomic mass is 32.1. The van der Waals surface area contributed by atoms with Gasteiger partial charge in [-0.25, -0.2) is 9.79 Å². The molecule has 2 aromatic heterocycles. The maximum atomic E-state index is 14.0. The number of fused-ring (bicyclic) bond motifs is 2. The lowest BCUT2D eigenvalue weighted by Gasteiger charge is -2.25. The molecule has 1 amide bonds. The molecule has 3 heterocycles. The lowest BCUT2D eigenvalue weighted by molar-refractivity contribution is -0.113. The van der Waals surface area contributed by atoms with Gasteiger partial charge >= 0.3 is 5.69 Å². The van der Waals surface area contributed by atoms with Gasteiger partial charge in [-0.2, -0.15) is 0 Å². The van der Waals surface area contributed by atoms with Gasteiger partial charge in [-0.3, -0.25) is 23.3 Å². The van der Waals surface area contributed by atoms with Crippen LogP contribution >= 0.6 is 11.3 Å². The van der Waals surface area contributed by atoms with Crippen LogP contribution in [0.5, 0.6) is 5.75 Å². The number of benzene rings is 3. The third kappa shape index (κ3) is 4.52. The summed E-state index contributed by atoms with van der Waals surface area (Å²) >= 11 is 1.27. The van der Waals surface area contributed by atoms with Gasteiger partial charge in [-0.1, -0.05) is 47.7 Å². The molecule has 10 heteroatoms. The molecule has 0 saturated carbocycles. The molecule has 3 aromatic carbocycles. The first-order valence-corrected chi connectivity index (χ1v) is 13.8. The van der Waals surface area contributed by atoms with Crippen molar-refractivity contribution in [2.24, 2.45) is 19.1 Å². The molecule has 1 N–H and O–H groups in total. The minimum Gasteiger partial charge on any atom is -0.497 e. The quantitative estimate of drug-likeness (QED) is 0.354. The van der Waals surface area contributed by atoms with Gasteiger partial charge in [0, 0.05) is 19.8 Å². The van der Waals surface area contributed by atoms with Gasteiger partial charge in [0.25, 0.3) is 11.5 Å². The fourth-order valence-electron chi connectivity index (χ4n) is 5.20. The van der Waals surface area contributed by atoms with E-state index in [1.165, 1.54) is 11.3 Å². The van der Waals surface area contributed by atoms with Crippen molar-refractivity contribution in [3.63, 3.8) is 0 Å². The predicted octanol–water partition coefficient (Wildman–Crippen LogP) is 3.07. The number of nitrogens with one attached hydrogen (secondary N) is 1. The van der Waals surface area contributed by atoms with Crippen LogP contribution in [0, 0.1) is 0 Å². The van der Waals surface area contributed by atoms with E-state index in [1.54, 1.807) is 47.9 Å². The first-order valence-electron chi connectivity index (χ1n) is 12.9. The molecule has 0 aliphatic carbocycles. The van der Waals surface area contributed by atoms with Crippen LogP contribution in [0.3, 0.4) is 0 Å². The molecular formula is C31H27N5O4S. The zero-order valence-corrected chi connectivity index (χ0v) is 23.7. The number of carbonyl (C=O) groups excluding carboxylic acids is 1. The zero-order chi connectivity index (χ0) is 28.8. The summed E-state index contributed by atoms with van der Waals surface area (Å²) in [4.78, 5) is 45.3. The minimum atomic E-state index is -0.694. The number of nitrogens with zero attached hydrogens (tertiary/aromatic N) is 4. The number of ether oxygens (including phenoxy) is 1. The molecule has 0 spiro atoms. The van der Waals surface area contributed by atoms with E-state index >= 15 is 0 Å². The number of thiazole rings is 1. The Hall–Kier alpha value is -4.96. The standard InChI is InChI=1S/C31H27N5O4S/c1-18-26(28(37)33-21-8-6-5-7-9-21)27(20-11-13-22(40-4)14-12-20)36-29(38)25(41-30(36)32-18)17-19-10-15-23-24(16-19)35(3)31(39)34(23)2/h5-17,27H,1-4H3,(H,33,37)/b25-17+/t27-/m1/s1. The molecule has 206 valence electrons. The van der Waals surface area contributed by atoms with Crippen LogP contribution in [0.1, 0.15) is 24.1 Å². The number of amides is 1. The predicted molar refractivity (Wildman–Crippen MR) is 160 cm³/mol. The molecule has 9 nitrogen and oxygen atoms in total. The van der Waals surface area contributed by atoms with Crippen LogP contribution in [-0.4, -0.2) is 26.7 Å². The van der Waals surface area contributed by atoms with Crippen LogP contribution in [-0.2, 0) is 18.9 Å². The van der Waals surface area contributed by atoms with E-state index < -0.39 is 6.04 Å². The Morgan fingerprint density at radius 2 is 1.68 bits per heavy atom. The number of aromatic nitrogens is 3. The second-order valence-corrected chi connectivity index (χ2v) is 10.8. The number of hydrogen-bond donors (Lipinski definition) is 1. The van der Waals surface area contributed by atoms with E-state index in [2.05, 4.69) is 5.32 Å². The Bertz CT molecular complexity index is 2100. The summed E-state index contributed by atoms with van der Waals surface area (Å²) in [5.74, 6) is 0.339. The third-order valence-electron chi connectivity index (χ3n) is 7.32. The summed E-state index contributed by atoms with van der Waals surface area (Å²) in [5.41, 5.74) is 4.31. The first kappa shape index (κ1) is 26.3. The van der Waals surface area contributed by atoms with Crippen LogP contribution < -0.4 is 30.6 Å². The smallest absolute Gasteiger partial charge is 0.328 e. The van der Waals surface area contributed by atoms with Gasteiger partial charge in [0.1, 0.15) is 5.75 Å². The Morgan fingerprint density at radius 3 is 2.39 bits per heavy atom. The Morgan fingerprint density at radius 1 is 0.976 bits per heavy atom. The number of allylic oxidation sites excluding steroid dienone is 1. The van der Waals surface area contributed by atoms with Crippen molar-refractivity contribution < 1.29 is 9.53 Å². The lowest BCUT2D eigenvalue weighted by atomic mass is 9.95. The van der Waals surface area contributed by atoms with Gasteiger partial charge in [0.05, 0.1) is 40.0 Å². The average Bonchev–Trinajstić information content (AvgIpc) is 3.40. The molecule has 1 aliphatic heterocycles. The Balaban J connectivity index is 1.51. The van der Waals surface area contributed by atoms with Crippen LogP contribution in [0.15, 0.2) is 98.6 Å². The largest absolute Gasteiger partial charge is 0.497 e. The highest BCUT2D eigenvalue weighted by molar-refractivity contribution is 7.07. The summed E-state index contributed by atoms with van der Waals surface area (Å²) in [7, 11) is 5.04. The van der Waals surface area contributed by atoms with E-state index in [9.17, 15) is 14.4 Å². The summed E-state index contributed by atoms with van der Waals surface area (Å²) in [6, 6.07) is 21.5. The summed E-state index contributed by atoms with van der Waals surface area (Å²) in [6.07, 6.45) is 1.80. The minimum absolute atomic E-state index is 0.118. The first-order chi connectivity index (χ1) is 19.8. The molecule has 1 aliphatic rings. The summed E-state index contributed by atoms with van der Waals surface area (Å²) < 4.78 is 10.6. The molecule has 5 aromatic rings. The maximum Gasteiger partial charge on any atom is 0.328 e. The van der Waals surface area contributed by atoms with Crippen LogP contribution in [0.25, 0.3) is 17.1 Å². The highest BCUT2D eigenvalue weighted by Gasteiger charge is 2.32. The number of anilines is 1. The van der Waals surface area contributed by atoms with Crippen LogP contribution in [0.4, 0.5) is 5.69 Å². The molecule has 6 rings (SSSR count). The number of hydrogen-bond acceptors (Lipinski definition) is 6. The zero-order valence-electron chi connectivity index (χ0n) is 22.9. The van der Waals surface area contributed by atoms with Crippen molar-refractivity contribution in [3.05, 3.63) is 125 Å². The number of methoxy groups -OCH3 is 1. The molecule has 41 heavy (non-hydrogen) atoms. The van der Waals surface area contributed by atoms with Crippen molar-refractivity contribution >= 4 is 40.0 Å². The van der Waals surface area contributed by atoms with Crippen molar-refractivity contribution in [1.82, 2.24) is 13.7 Å². The maximum absolute atomic E-state index is 14.0. The van der Waals surface area contributed by atoms with Gasteiger partial charge in [-0.05, 0) is 60.5 Å². The average molecular weight is 566 g/mol. The second-order valence-electron chi connectivity index (χ2n) is 9.82. The second kappa shape index (κ2) is 10.2. The topological polar surface area (TPSA) is 99.6 Å². The summed E-state index contributed by atoms with van der Waals surface area (Å²) in [6.45, 7) is 1.79. The van der Waals surface area contributed by atoms with Crippen molar-refractivity contribution in [3.8, 4) is 5.75 Å². The molecular weight excluding hydrogens is 538 g/mol. The fourth-order valence-corrected chi connectivity index (χ4v) is 6.24. The van der Waals surface area contributed by atoms with Gasteiger partial charge in [-0.15, -0.1) is 0 Å². The normalized spacial score (nSPS) is 15.1. The molecule has 0 bridgehead atoms. The molecule has 0 saturated heterocycles. The number of imidazole rings is 1. The number of carbonyl (C=O) groups is 1. The molecule has 0 unspecified atom stereocenters. The lowest BCUT2D eigenvalue weighted by Crippen LogP contribution is -2.40. The SMILES string of the molecule is COc1ccc([C@@H]2C(C(=O)Nc3ccccc3)=C(C)N=c3s/c(=C/c4ccc5c(c4)n(C)c(=O)n5C)c(=O)n32)cc1. The Labute approximate surface area is 238 Å². The van der Waals surface area contributed by atoms with E-state index in [4.69, 9.17) is 9.73 Å². The van der Waals surface area contributed by atoms with Gasteiger partial charge in [0.15, 0.2) is 4.80 Å². The number of aryl methyl sites for hydroxylation is 2. The third-order valence-corrected chi connectivity index (χ3v) is 8.31. The molecule has 0 fully saturated rings. The van der Waals surface area contributed by atoms with E-state index in [0.29, 0.717) is 32.0 Å². The van der Waals surface area contributed by atoms with E-state index in [0.717, 1.165) is 22.2 Å². The van der Waals surface area contributed by atoms with Crippen molar-refractivity contribution in [2.45, 2.75) is 13.0 Å². The molecule has 1 atom stereocenters. The van der Waals surface area contributed by atoms with Gasteiger partial charge in [0.2, 0.25) is 0 Å². The molecule has 0 radical (unpaired) electrons. The van der Waals surface area contributed by atoms with Crippen molar-refractivity contribution in [1.29, 1.82) is 0 Å². The monoisotopic (exact) mass is 565 g/mol.